The molecular formula is C13H15BrClN. The molecule has 0 atom stereocenters. The van der Waals surface area contributed by atoms with Crippen LogP contribution in [0.3, 0.4) is 0 Å². The fourth-order valence-corrected chi connectivity index (χ4v) is 2.25. The van der Waals surface area contributed by atoms with E-state index in [2.05, 4.69) is 33.9 Å². The molecule has 0 amide bonds. The molecule has 0 heterocycles. The maximum atomic E-state index is 6.03. The number of benzene rings is 1. The highest BCUT2D eigenvalue weighted by Crippen LogP contribution is 2.29. The first-order chi connectivity index (χ1) is 7.54. The number of aryl methyl sites for hydroxylation is 1. The van der Waals surface area contributed by atoms with Crippen molar-refractivity contribution in [3.8, 4) is 0 Å². The third-order valence-electron chi connectivity index (χ3n) is 2.07. The Morgan fingerprint density at radius 1 is 1.44 bits per heavy atom. The van der Waals surface area contributed by atoms with E-state index in [0.717, 1.165) is 22.2 Å². The zero-order valence-electron chi connectivity index (χ0n) is 9.72. The average Bonchev–Trinajstić information content (AvgIpc) is 2.20. The van der Waals surface area contributed by atoms with Crippen LogP contribution in [0.25, 0.3) is 0 Å². The van der Waals surface area contributed by atoms with Crippen molar-refractivity contribution in [1.82, 2.24) is 0 Å². The van der Waals surface area contributed by atoms with E-state index in [1.54, 1.807) is 0 Å². The molecule has 0 radical (unpaired) electrons. The van der Waals surface area contributed by atoms with Gasteiger partial charge in [-0.1, -0.05) is 36.2 Å². The standard InChI is InChI=1S/C13H15BrClN/c1-4-10-6-5-7-11(13(10)14)16-12(15)8-9(2)3/h5-8H,4H2,1-3H3. The summed E-state index contributed by atoms with van der Waals surface area (Å²) in [7, 11) is 0. The number of nitrogens with zero attached hydrogens (tertiary/aromatic N) is 1. The molecule has 0 bridgehead atoms. The molecular weight excluding hydrogens is 286 g/mol. The molecule has 0 spiro atoms. The van der Waals surface area contributed by atoms with E-state index in [1.165, 1.54) is 5.56 Å². The highest BCUT2D eigenvalue weighted by atomic mass is 79.9. The minimum absolute atomic E-state index is 0.508. The van der Waals surface area contributed by atoms with Gasteiger partial charge in [0, 0.05) is 4.47 Å². The van der Waals surface area contributed by atoms with Crippen LogP contribution in [-0.4, -0.2) is 5.17 Å². The van der Waals surface area contributed by atoms with Crippen LogP contribution in [-0.2, 0) is 6.42 Å². The molecule has 0 unspecified atom stereocenters. The minimum atomic E-state index is 0.508. The Labute approximate surface area is 110 Å². The Morgan fingerprint density at radius 2 is 2.12 bits per heavy atom. The summed E-state index contributed by atoms with van der Waals surface area (Å²) in [5.74, 6) is 0. The van der Waals surface area contributed by atoms with Crippen molar-refractivity contribution in [3.05, 3.63) is 39.9 Å². The first-order valence-corrected chi connectivity index (χ1v) is 6.38. The summed E-state index contributed by atoms with van der Waals surface area (Å²) in [4.78, 5) is 4.37. The van der Waals surface area contributed by atoms with E-state index < -0.39 is 0 Å². The van der Waals surface area contributed by atoms with Crippen molar-refractivity contribution in [2.75, 3.05) is 0 Å². The van der Waals surface area contributed by atoms with E-state index >= 15 is 0 Å². The molecule has 0 aliphatic heterocycles. The maximum Gasteiger partial charge on any atom is 0.129 e. The normalized spacial score (nSPS) is 11.4. The zero-order valence-corrected chi connectivity index (χ0v) is 12.1. The smallest absolute Gasteiger partial charge is 0.129 e. The third-order valence-corrected chi connectivity index (χ3v) is 3.18. The minimum Gasteiger partial charge on any atom is -0.236 e. The van der Waals surface area contributed by atoms with Crippen LogP contribution in [0.2, 0.25) is 0 Å². The summed E-state index contributed by atoms with van der Waals surface area (Å²) in [6, 6.07) is 6.03. The van der Waals surface area contributed by atoms with Crippen molar-refractivity contribution < 1.29 is 0 Å². The van der Waals surface area contributed by atoms with Gasteiger partial charge in [0.15, 0.2) is 0 Å². The van der Waals surface area contributed by atoms with Crippen LogP contribution >= 0.6 is 27.5 Å². The van der Waals surface area contributed by atoms with Crippen LogP contribution in [0.5, 0.6) is 0 Å². The summed E-state index contributed by atoms with van der Waals surface area (Å²) in [5.41, 5.74) is 3.25. The molecule has 1 nitrogen and oxygen atoms in total. The molecule has 0 saturated heterocycles. The SMILES string of the molecule is CCc1cccc(N=C(Cl)C=C(C)C)c1Br. The lowest BCUT2D eigenvalue weighted by Gasteiger charge is -2.04. The van der Waals surface area contributed by atoms with Crippen LogP contribution in [0.1, 0.15) is 26.3 Å². The number of hydrogen-bond donors (Lipinski definition) is 0. The maximum absolute atomic E-state index is 6.03. The molecule has 16 heavy (non-hydrogen) atoms. The molecule has 0 aliphatic rings. The second kappa shape index (κ2) is 6.21. The topological polar surface area (TPSA) is 12.4 Å². The quantitative estimate of drug-likeness (QED) is 0.676. The van der Waals surface area contributed by atoms with Crippen molar-refractivity contribution in [1.29, 1.82) is 0 Å². The number of halogens is 2. The van der Waals surface area contributed by atoms with Gasteiger partial charge in [0.05, 0.1) is 5.69 Å². The third kappa shape index (κ3) is 3.76. The molecule has 0 aromatic heterocycles. The largest absolute Gasteiger partial charge is 0.236 e. The zero-order chi connectivity index (χ0) is 12.1. The lowest BCUT2D eigenvalue weighted by atomic mass is 10.1. The first kappa shape index (κ1) is 13.5. The molecule has 0 N–H and O–H groups in total. The van der Waals surface area contributed by atoms with E-state index in [9.17, 15) is 0 Å². The van der Waals surface area contributed by atoms with Crippen LogP contribution < -0.4 is 0 Å². The van der Waals surface area contributed by atoms with Gasteiger partial charge >= 0.3 is 0 Å². The monoisotopic (exact) mass is 299 g/mol. The summed E-state index contributed by atoms with van der Waals surface area (Å²) >= 11 is 9.58. The van der Waals surface area contributed by atoms with E-state index in [4.69, 9.17) is 11.6 Å². The Hall–Kier alpha value is -0.600. The van der Waals surface area contributed by atoms with Crippen LogP contribution in [0.4, 0.5) is 5.69 Å². The van der Waals surface area contributed by atoms with E-state index in [1.807, 2.05) is 32.1 Å². The van der Waals surface area contributed by atoms with E-state index in [-0.39, 0.29) is 0 Å². The number of allylic oxidation sites excluding steroid dienone is 2. The van der Waals surface area contributed by atoms with Gasteiger partial charge < -0.3 is 0 Å². The van der Waals surface area contributed by atoms with Gasteiger partial charge in [0.2, 0.25) is 0 Å². The van der Waals surface area contributed by atoms with Gasteiger partial charge in [-0.2, -0.15) is 0 Å². The molecule has 86 valence electrons. The predicted octanol–water partition coefficient (Wildman–Crippen LogP) is 5.25. The molecule has 1 aromatic rings. The molecule has 3 heteroatoms. The van der Waals surface area contributed by atoms with Gasteiger partial charge in [-0.15, -0.1) is 0 Å². The fraction of sp³-hybridized carbons (Fsp3) is 0.308. The molecule has 1 aromatic carbocycles. The van der Waals surface area contributed by atoms with Crippen molar-refractivity contribution in [3.63, 3.8) is 0 Å². The second-order valence-corrected chi connectivity index (χ2v) is 4.94. The predicted molar refractivity (Wildman–Crippen MR) is 75.9 cm³/mol. The van der Waals surface area contributed by atoms with Gasteiger partial charge in [-0.3, -0.25) is 0 Å². The Kier molecular flexibility index (Phi) is 5.23. The molecule has 0 aliphatic carbocycles. The number of aliphatic imine (C=N–C) groups is 1. The first-order valence-electron chi connectivity index (χ1n) is 5.21. The van der Waals surface area contributed by atoms with Crippen LogP contribution in [0.15, 0.2) is 39.3 Å². The van der Waals surface area contributed by atoms with E-state index in [0.29, 0.717) is 5.17 Å². The van der Waals surface area contributed by atoms with Crippen molar-refractivity contribution in [2.45, 2.75) is 27.2 Å². The fourth-order valence-electron chi connectivity index (χ4n) is 1.31. The van der Waals surface area contributed by atoms with Crippen molar-refractivity contribution >= 4 is 38.4 Å². The van der Waals surface area contributed by atoms with Crippen LogP contribution in [0, 0.1) is 0 Å². The summed E-state index contributed by atoms with van der Waals surface area (Å²) in [6.07, 6.45) is 2.83. The molecule has 0 saturated carbocycles. The lowest BCUT2D eigenvalue weighted by molar-refractivity contribution is 1.13. The van der Waals surface area contributed by atoms with Gasteiger partial charge in [0.25, 0.3) is 0 Å². The van der Waals surface area contributed by atoms with Gasteiger partial charge in [-0.05, 0) is 53.9 Å². The number of rotatable bonds is 3. The Bertz CT molecular complexity index is 432. The van der Waals surface area contributed by atoms with Gasteiger partial charge in [0.1, 0.15) is 5.17 Å². The molecule has 0 fully saturated rings. The highest BCUT2D eigenvalue weighted by molar-refractivity contribution is 9.10. The van der Waals surface area contributed by atoms with Crippen molar-refractivity contribution in [2.24, 2.45) is 4.99 Å². The molecule has 1 rings (SSSR count). The lowest BCUT2D eigenvalue weighted by Crippen LogP contribution is -1.85. The highest BCUT2D eigenvalue weighted by Gasteiger charge is 2.03. The van der Waals surface area contributed by atoms with Gasteiger partial charge in [-0.25, -0.2) is 4.99 Å². The number of hydrogen-bond acceptors (Lipinski definition) is 1. The second-order valence-electron chi connectivity index (χ2n) is 3.76. The Morgan fingerprint density at radius 3 is 2.69 bits per heavy atom. The summed E-state index contributed by atoms with van der Waals surface area (Å²) < 4.78 is 1.03. The summed E-state index contributed by atoms with van der Waals surface area (Å²) in [6.45, 7) is 6.11. The Balaban J connectivity index is 3.11. The average molecular weight is 301 g/mol. The summed E-state index contributed by atoms with van der Waals surface area (Å²) in [5, 5.41) is 0.508.